The molecule has 0 aliphatic heterocycles. The monoisotopic (exact) mass is 265 g/mol. The number of benzene rings is 2. The van der Waals surface area contributed by atoms with Gasteiger partial charge >= 0.3 is 0 Å². The summed E-state index contributed by atoms with van der Waals surface area (Å²) in [5, 5.41) is 3.46. The molecular formula is C17H19N3. The number of anilines is 1. The summed E-state index contributed by atoms with van der Waals surface area (Å²) in [6.45, 7) is 6.00. The first kappa shape index (κ1) is 12.7. The van der Waals surface area contributed by atoms with Crippen LogP contribution in [-0.4, -0.2) is 9.55 Å². The third kappa shape index (κ3) is 2.27. The molecule has 0 radical (unpaired) electrons. The van der Waals surface area contributed by atoms with Crippen LogP contribution in [0.5, 0.6) is 0 Å². The number of hydrogen-bond acceptors (Lipinski definition) is 2. The minimum absolute atomic E-state index is 0.802. The second-order valence-corrected chi connectivity index (χ2v) is 4.95. The predicted octanol–water partition coefficient (Wildman–Crippen LogP) is 3.98. The molecule has 1 N–H and O–H groups in total. The Bertz CT molecular complexity index is 728. The first-order valence-electron chi connectivity index (χ1n) is 7.03. The van der Waals surface area contributed by atoms with Crippen LogP contribution in [0.1, 0.15) is 18.1 Å². The van der Waals surface area contributed by atoms with E-state index >= 15 is 0 Å². The minimum Gasteiger partial charge on any atom is -0.352 e. The van der Waals surface area contributed by atoms with Crippen molar-refractivity contribution in [3.05, 3.63) is 59.7 Å². The molecule has 0 saturated carbocycles. The summed E-state index contributed by atoms with van der Waals surface area (Å²) in [6.07, 6.45) is 0. The maximum Gasteiger partial charge on any atom is 0.204 e. The molecule has 2 aromatic carbocycles. The summed E-state index contributed by atoms with van der Waals surface area (Å²) in [4.78, 5) is 4.68. The maximum atomic E-state index is 4.68. The molecule has 0 unspecified atom stereocenters. The fourth-order valence-corrected chi connectivity index (χ4v) is 2.51. The van der Waals surface area contributed by atoms with E-state index < -0.39 is 0 Å². The molecule has 0 bridgehead atoms. The van der Waals surface area contributed by atoms with Crippen LogP contribution in [0.3, 0.4) is 0 Å². The van der Waals surface area contributed by atoms with Gasteiger partial charge in [-0.3, -0.25) is 0 Å². The Morgan fingerprint density at radius 3 is 2.60 bits per heavy atom. The van der Waals surface area contributed by atoms with Gasteiger partial charge in [0.2, 0.25) is 5.95 Å². The molecule has 0 aliphatic carbocycles. The molecule has 20 heavy (non-hydrogen) atoms. The van der Waals surface area contributed by atoms with Gasteiger partial charge in [-0.1, -0.05) is 36.4 Å². The summed E-state index contributed by atoms with van der Waals surface area (Å²) >= 11 is 0. The topological polar surface area (TPSA) is 29.9 Å². The smallest absolute Gasteiger partial charge is 0.204 e. The molecule has 1 aromatic heterocycles. The highest BCUT2D eigenvalue weighted by Gasteiger charge is 2.08. The summed E-state index contributed by atoms with van der Waals surface area (Å²) in [7, 11) is 0. The molecule has 3 heteroatoms. The minimum atomic E-state index is 0.802. The van der Waals surface area contributed by atoms with Gasteiger partial charge in [-0.05, 0) is 37.1 Å². The van der Waals surface area contributed by atoms with Crippen molar-refractivity contribution in [3.8, 4) is 0 Å². The van der Waals surface area contributed by atoms with E-state index in [9.17, 15) is 0 Å². The molecule has 0 spiro atoms. The Kier molecular flexibility index (Phi) is 3.42. The Morgan fingerprint density at radius 1 is 1.05 bits per heavy atom. The number of aryl methyl sites for hydroxylation is 2. The van der Waals surface area contributed by atoms with Gasteiger partial charge in [-0.2, -0.15) is 0 Å². The standard InChI is InChI=1S/C17H19N3/c1-3-20-16-11-7-6-10-15(16)19-17(20)18-12-14-9-5-4-8-13(14)2/h4-11H,3,12H2,1-2H3,(H,18,19). The van der Waals surface area contributed by atoms with Gasteiger partial charge < -0.3 is 9.88 Å². The number of imidazole rings is 1. The zero-order chi connectivity index (χ0) is 13.9. The lowest BCUT2D eigenvalue weighted by Crippen LogP contribution is -2.07. The van der Waals surface area contributed by atoms with Crippen LogP contribution in [0.15, 0.2) is 48.5 Å². The van der Waals surface area contributed by atoms with E-state index in [0.29, 0.717) is 0 Å². The van der Waals surface area contributed by atoms with Gasteiger partial charge in [0.05, 0.1) is 11.0 Å². The molecule has 3 rings (SSSR count). The van der Waals surface area contributed by atoms with Crippen LogP contribution in [-0.2, 0) is 13.1 Å². The van der Waals surface area contributed by atoms with Crippen molar-refractivity contribution < 1.29 is 0 Å². The van der Waals surface area contributed by atoms with E-state index in [1.807, 2.05) is 6.07 Å². The zero-order valence-electron chi connectivity index (χ0n) is 11.9. The third-order valence-corrected chi connectivity index (χ3v) is 3.67. The molecular weight excluding hydrogens is 246 g/mol. The summed E-state index contributed by atoms with van der Waals surface area (Å²) in [5.41, 5.74) is 4.84. The van der Waals surface area contributed by atoms with E-state index in [2.05, 4.69) is 71.2 Å². The van der Waals surface area contributed by atoms with Gasteiger partial charge in [0, 0.05) is 13.1 Å². The van der Waals surface area contributed by atoms with Gasteiger partial charge in [-0.15, -0.1) is 0 Å². The third-order valence-electron chi connectivity index (χ3n) is 3.67. The van der Waals surface area contributed by atoms with Crippen molar-refractivity contribution in [1.29, 1.82) is 0 Å². The lowest BCUT2D eigenvalue weighted by molar-refractivity contribution is 0.787. The largest absolute Gasteiger partial charge is 0.352 e. The van der Waals surface area contributed by atoms with Crippen molar-refractivity contribution >= 4 is 17.0 Å². The number of nitrogens with one attached hydrogen (secondary N) is 1. The number of fused-ring (bicyclic) bond motifs is 1. The van der Waals surface area contributed by atoms with Crippen LogP contribution in [0.2, 0.25) is 0 Å². The summed E-state index contributed by atoms with van der Waals surface area (Å²) in [5.74, 6) is 0.942. The summed E-state index contributed by atoms with van der Waals surface area (Å²) in [6, 6.07) is 16.7. The zero-order valence-corrected chi connectivity index (χ0v) is 11.9. The van der Waals surface area contributed by atoms with Gasteiger partial charge in [0.1, 0.15) is 0 Å². The first-order chi connectivity index (χ1) is 9.79. The van der Waals surface area contributed by atoms with Crippen LogP contribution >= 0.6 is 0 Å². The van der Waals surface area contributed by atoms with Crippen molar-refractivity contribution in [1.82, 2.24) is 9.55 Å². The molecule has 0 saturated heterocycles. The van der Waals surface area contributed by atoms with Crippen LogP contribution < -0.4 is 5.32 Å². The predicted molar refractivity (Wildman–Crippen MR) is 83.9 cm³/mol. The molecule has 0 fully saturated rings. The molecule has 0 amide bonds. The molecule has 1 heterocycles. The average Bonchev–Trinajstić information content (AvgIpc) is 2.84. The van der Waals surface area contributed by atoms with Crippen molar-refractivity contribution in [2.45, 2.75) is 26.9 Å². The number of para-hydroxylation sites is 2. The highest BCUT2D eigenvalue weighted by Crippen LogP contribution is 2.20. The van der Waals surface area contributed by atoms with Gasteiger partial charge in [-0.25, -0.2) is 4.98 Å². The number of hydrogen-bond donors (Lipinski definition) is 1. The van der Waals surface area contributed by atoms with E-state index in [0.717, 1.165) is 24.6 Å². The molecule has 102 valence electrons. The molecule has 0 atom stereocenters. The Labute approximate surface area is 119 Å². The fraction of sp³-hybridized carbons (Fsp3) is 0.235. The normalized spacial score (nSPS) is 10.9. The van der Waals surface area contributed by atoms with E-state index in [1.165, 1.54) is 16.6 Å². The second kappa shape index (κ2) is 5.37. The quantitative estimate of drug-likeness (QED) is 0.773. The Balaban J connectivity index is 1.89. The molecule has 3 nitrogen and oxygen atoms in total. The van der Waals surface area contributed by atoms with E-state index in [-0.39, 0.29) is 0 Å². The maximum absolute atomic E-state index is 4.68. The van der Waals surface area contributed by atoms with Crippen molar-refractivity contribution in [2.24, 2.45) is 0 Å². The number of aromatic nitrogens is 2. The van der Waals surface area contributed by atoms with Crippen LogP contribution in [0, 0.1) is 6.92 Å². The molecule has 3 aromatic rings. The van der Waals surface area contributed by atoms with E-state index in [1.54, 1.807) is 0 Å². The number of rotatable bonds is 4. The molecule has 0 aliphatic rings. The van der Waals surface area contributed by atoms with Crippen molar-refractivity contribution in [2.75, 3.05) is 5.32 Å². The first-order valence-corrected chi connectivity index (χ1v) is 7.03. The van der Waals surface area contributed by atoms with Gasteiger partial charge in [0.15, 0.2) is 0 Å². The summed E-state index contributed by atoms with van der Waals surface area (Å²) < 4.78 is 2.22. The van der Waals surface area contributed by atoms with Gasteiger partial charge in [0.25, 0.3) is 0 Å². The average molecular weight is 265 g/mol. The highest BCUT2D eigenvalue weighted by atomic mass is 15.2. The SMILES string of the molecule is CCn1c(NCc2ccccc2C)nc2ccccc21. The van der Waals surface area contributed by atoms with E-state index in [4.69, 9.17) is 0 Å². The second-order valence-electron chi connectivity index (χ2n) is 4.95. The number of nitrogens with zero attached hydrogens (tertiary/aromatic N) is 2. The lowest BCUT2D eigenvalue weighted by atomic mass is 10.1. The van der Waals surface area contributed by atoms with Crippen molar-refractivity contribution in [3.63, 3.8) is 0 Å². The Morgan fingerprint density at radius 2 is 1.80 bits per heavy atom. The Hall–Kier alpha value is -2.29. The highest BCUT2D eigenvalue weighted by molar-refractivity contribution is 5.78. The van der Waals surface area contributed by atoms with Crippen LogP contribution in [0.25, 0.3) is 11.0 Å². The lowest BCUT2D eigenvalue weighted by Gasteiger charge is -2.10. The van der Waals surface area contributed by atoms with Crippen LogP contribution in [0.4, 0.5) is 5.95 Å². The fourth-order valence-electron chi connectivity index (χ4n) is 2.51.